The third-order valence-corrected chi connectivity index (χ3v) is 2.95. The highest BCUT2D eigenvalue weighted by atomic mass is 16.6. The number of alkyl carbamates (subject to hydrolysis) is 1. The SMILES string of the molecule is Cc1nonc1CC(NC(=O)OCc1ccccc1)C(=O)O. The molecule has 0 radical (unpaired) electrons. The van der Waals surface area contributed by atoms with E-state index in [9.17, 15) is 9.59 Å². The number of nitrogens with zero attached hydrogens (tertiary/aromatic N) is 2. The first-order valence-electron chi connectivity index (χ1n) is 6.54. The lowest BCUT2D eigenvalue weighted by atomic mass is 10.1. The number of benzene rings is 1. The number of aryl methyl sites for hydroxylation is 1. The smallest absolute Gasteiger partial charge is 0.408 e. The molecule has 116 valence electrons. The van der Waals surface area contributed by atoms with Crippen molar-refractivity contribution in [1.29, 1.82) is 0 Å². The van der Waals surface area contributed by atoms with Crippen LogP contribution in [0.1, 0.15) is 17.0 Å². The molecule has 2 rings (SSSR count). The zero-order valence-corrected chi connectivity index (χ0v) is 11.9. The van der Waals surface area contributed by atoms with E-state index < -0.39 is 18.1 Å². The maximum atomic E-state index is 11.7. The molecule has 0 saturated carbocycles. The Labute approximate surface area is 126 Å². The lowest BCUT2D eigenvalue weighted by Gasteiger charge is -2.13. The summed E-state index contributed by atoms with van der Waals surface area (Å²) in [6.07, 6.45) is -0.851. The number of hydrogen-bond acceptors (Lipinski definition) is 6. The quantitative estimate of drug-likeness (QED) is 0.826. The molecule has 8 heteroatoms. The van der Waals surface area contributed by atoms with Crippen LogP contribution in [0.4, 0.5) is 4.79 Å². The number of aliphatic carboxylic acids is 1. The van der Waals surface area contributed by atoms with E-state index in [0.717, 1.165) is 5.56 Å². The highest BCUT2D eigenvalue weighted by Crippen LogP contribution is 2.06. The normalized spacial score (nSPS) is 11.7. The molecule has 2 aromatic rings. The van der Waals surface area contributed by atoms with Gasteiger partial charge in [0.05, 0.1) is 0 Å². The van der Waals surface area contributed by atoms with Crippen LogP contribution in [-0.2, 0) is 22.6 Å². The first kappa shape index (κ1) is 15.5. The van der Waals surface area contributed by atoms with Crippen LogP contribution in [0.2, 0.25) is 0 Å². The number of carboxylic acids is 1. The summed E-state index contributed by atoms with van der Waals surface area (Å²) in [6, 6.07) is 7.90. The molecule has 1 amide bonds. The first-order chi connectivity index (χ1) is 10.6. The standard InChI is InChI=1S/C14H15N3O5/c1-9-11(17-22-16-9)7-12(13(18)19)15-14(20)21-8-10-5-3-2-4-6-10/h2-6,12H,7-8H2,1H3,(H,15,20)(H,18,19). The zero-order chi connectivity index (χ0) is 15.9. The maximum Gasteiger partial charge on any atom is 0.408 e. The van der Waals surface area contributed by atoms with Gasteiger partial charge in [-0.05, 0) is 12.5 Å². The molecule has 1 atom stereocenters. The van der Waals surface area contributed by atoms with Crippen molar-refractivity contribution < 1.29 is 24.1 Å². The topological polar surface area (TPSA) is 115 Å². The van der Waals surface area contributed by atoms with Gasteiger partial charge in [-0.15, -0.1) is 0 Å². The highest BCUT2D eigenvalue weighted by molar-refractivity contribution is 5.80. The Morgan fingerprint density at radius 2 is 2.05 bits per heavy atom. The monoisotopic (exact) mass is 305 g/mol. The van der Waals surface area contributed by atoms with E-state index >= 15 is 0 Å². The number of aromatic nitrogens is 2. The van der Waals surface area contributed by atoms with Gasteiger partial charge in [-0.2, -0.15) is 0 Å². The Morgan fingerprint density at radius 1 is 1.32 bits per heavy atom. The molecule has 1 aromatic heterocycles. The minimum absolute atomic E-state index is 0.0366. The number of rotatable bonds is 6. The number of carbonyl (C=O) groups is 2. The number of ether oxygens (including phenoxy) is 1. The van der Waals surface area contributed by atoms with Crippen molar-refractivity contribution >= 4 is 12.1 Å². The lowest BCUT2D eigenvalue weighted by molar-refractivity contribution is -0.139. The second-order valence-electron chi connectivity index (χ2n) is 4.60. The molecule has 0 aliphatic heterocycles. The van der Waals surface area contributed by atoms with E-state index in [1.54, 1.807) is 19.1 Å². The Balaban J connectivity index is 1.89. The zero-order valence-electron chi connectivity index (χ0n) is 11.9. The molecule has 22 heavy (non-hydrogen) atoms. The van der Waals surface area contributed by atoms with E-state index in [2.05, 4.69) is 20.3 Å². The third-order valence-electron chi connectivity index (χ3n) is 2.95. The van der Waals surface area contributed by atoms with Crippen LogP contribution in [0, 0.1) is 6.92 Å². The fourth-order valence-corrected chi connectivity index (χ4v) is 1.74. The van der Waals surface area contributed by atoms with Crippen LogP contribution in [-0.4, -0.2) is 33.5 Å². The predicted molar refractivity (Wildman–Crippen MR) is 73.9 cm³/mol. The molecule has 1 aromatic carbocycles. The van der Waals surface area contributed by atoms with Gasteiger partial charge in [0, 0.05) is 6.42 Å². The van der Waals surface area contributed by atoms with Gasteiger partial charge in [-0.1, -0.05) is 40.6 Å². The van der Waals surface area contributed by atoms with E-state index in [0.29, 0.717) is 11.4 Å². The second kappa shape index (κ2) is 7.21. The van der Waals surface area contributed by atoms with E-state index in [1.807, 2.05) is 18.2 Å². The molecule has 0 fully saturated rings. The Kier molecular flexibility index (Phi) is 5.07. The Bertz CT molecular complexity index is 641. The summed E-state index contributed by atoms with van der Waals surface area (Å²) in [5.41, 5.74) is 1.66. The van der Waals surface area contributed by atoms with Crippen molar-refractivity contribution in [3.8, 4) is 0 Å². The maximum absolute atomic E-state index is 11.7. The van der Waals surface area contributed by atoms with Crippen molar-refractivity contribution in [2.75, 3.05) is 0 Å². The number of nitrogens with one attached hydrogen (secondary N) is 1. The summed E-state index contributed by atoms with van der Waals surface area (Å²) in [5, 5.41) is 18.6. The number of carboxylic acid groups (broad SMARTS) is 1. The van der Waals surface area contributed by atoms with Gasteiger partial charge in [-0.3, -0.25) is 0 Å². The highest BCUT2D eigenvalue weighted by Gasteiger charge is 2.24. The van der Waals surface area contributed by atoms with Gasteiger partial charge in [0.2, 0.25) is 0 Å². The van der Waals surface area contributed by atoms with Crippen LogP contribution in [0.3, 0.4) is 0 Å². The van der Waals surface area contributed by atoms with Crippen molar-refractivity contribution in [1.82, 2.24) is 15.6 Å². The fraction of sp³-hybridized carbons (Fsp3) is 0.286. The fourth-order valence-electron chi connectivity index (χ4n) is 1.74. The summed E-state index contributed by atoms with van der Waals surface area (Å²) >= 11 is 0. The molecule has 8 nitrogen and oxygen atoms in total. The van der Waals surface area contributed by atoms with Crippen LogP contribution in [0.5, 0.6) is 0 Å². The minimum Gasteiger partial charge on any atom is -0.480 e. The van der Waals surface area contributed by atoms with Gasteiger partial charge < -0.3 is 15.2 Å². The van der Waals surface area contributed by atoms with Crippen molar-refractivity contribution in [2.45, 2.75) is 26.0 Å². The van der Waals surface area contributed by atoms with E-state index in [-0.39, 0.29) is 13.0 Å². The molecule has 1 unspecified atom stereocenters. The molecule has 2 N–H and O–H groups in total. The van der Waals surface area contributed by atoms with Gasteiger partial charge in [0.15, 0.2) is 0 Å². The predicted octanol–water partition coefficient (Wildman–Crippen LogP) is 1.30. The lowest BCUT2D eigenvalue weighted by Crippen LogP contribution is -2.42. The summed E-state index contributed by atoms with van der Waals surface area (Å²) in [7, 11) is 0. The number of amides is 1. The van der Waals surface area contributed by atoms with E-state index in [1.165, 1.54) is 0 Å². The average molecular weight is 305 g/mol. The van der Waals surface area contributed by atoms with Gasteiger partial charge in [-0.25, -0.2) is 14.2 Å². The average Bonchev–Trinajstić information content (AvgIpc) is 2.91. The van der Waals surface area contributed by atoms with Gasteiger partial charge in [0.1, 0.15) is 24.0 Å². The minimum atomic E-state index is -1.20. The van der Waals surface area contributed by atoms with Crippen molar-refractivity contribution in [3.05, 3.63) is 47.3 Å². The van der Waals surface area contributed by atoms with E-state index in [4.69, 9.17) is 9.84 Å². The molecule has 0 spiro atoms. The van der Waals surface area contributed by atoms with Gasteiger partial charge in [0.25, 0.3) is 0 Å². The Hall–Kier alpha value is -2.90. The number of carbonyl (C=O) groups excluding carboxylic acids is 1. The van der Waals surface area contributed by atoms with Gasteiger partial charge >= 0.3 is 12.1 Å². The van der Waals surface area contributed by atoms with Crippen LogP contribution in [0.25, 0.3) is 0 Å². The summed E-state index contributed by atoms with van der Waals surface area (Å²) in [5.74, 6) is -1.20. The van der Waals surface area contributed by atoms with Crippen LogP contribution >= 0.6 is 0 Å². The Morgan fingerprint density at radius 3 is 2.64 bits per heavy atom. The van der Waals surface area contributed by atoms with Crippen LogP contribution < -0.4 is 5.32 Å². The summed E-state index contributed by atoms with van der Waals surface area (Å²) in [4.78, 5) is 22.9. The molecule has 1 heterocycles. The third kappa shape index (κ3) is 4.30. The molecule has 0 bridgehead atoms. The largest absolute Gasteiger partial charge is 0.480 e. The van der Waals surface area contributed by atoms with Crippen LogP contribution in [0.15, 0.2) is 35.0 Å². The summed E-state index contributed by atoms with van der Waals surface area (Å²) in [6.45, 7) is 1.70. The molecular weight excluding hydrogens is 290 g/mol. The number of hydrogen-bond donors (Lipinski definition) is 2. The molecule has 0 aliphatic carbocycles. The van der Waals surface area contributed by atoms with Crippen molar-refractivity contribution in [3.63, 3.8) is 0 Å². The first-order valence-corrected chi connectivity index (χ1v) is 6.54. The summed E-state index contributed by atoms with van der Waals surface area (Å²) < 4.78 is 9.48. The second-order valence-corrected chi connectivity index (χ2v) is 4.60. The molecular formula is C14H15N3O5. The molecule has 0 aliphatic rings. The molecule has 0 saturated heterocycles. The van der Waals surface area contributed by atoms with Crippen molar-refractivity contribution in [2.24, 2.45) is 0 Å².